The molecule has 0 bridgehead atoms. The minimum atomic E-state index is 0.255. The van der Waals surface area contributed by atoms with Crippen LogP contribution >= 0.6 is 0 Å². The van der Waals surface area contributed by atoms with Crippen LogP contribution in [0.15, 0.2) is 12.1 Å². The molecule has 0 fully saturated rings. The molecule has 62 valence electrons. The van der Waals surface area contributed by atoms with Gasteiger partial charge in [0.25, 0.3) is 0 Å². The lowest BCUT2D eigenvalue weighted by Gasteiger charge is -2.20. The third-order valence-corrected chi connectivity index (χ3v) is 2.26. The van der Waals surface area contributed by atoms with Gasteiger partial charge in [-0.25, -0.2) is 0 Å². The summed E-state index contributed by atoms with van der Waals surface area (Å²) in [6.07, 6.45) is 0.577. The first-order valence-corrected chi connectivity index (χ1v) is 3.93. The number of ether oxygens (including phenoxy) is 1. The summed E-state index contributed by atoms with van der Waals surface area (Å²) in [4.78, 5) is 11.1. The Morgan fingerprint density at radius 1 is 1.42 bits per heavy atom. The molecule has 0 saturated carbocycles. The number of hydrogen-bond donors (Lipinski definition) is 0. The van der Waals surface area contributed by atoms with Crippen molar-refractivity contribution < 1.29 is 9.53 Å². The fourth-order valence-corrected chi connectivity index (χ4v) is 1.64. The van der Waals surface area contributed by atoms with E-state index in [9.17, 15) is 4.79 Å². The average Bonchev–Trinajstić information content (AvgIpc) is 2.00. The van der Waals surface area contributed by atoms with E-state index in [1.807, 2.05) is 19.1 Å². The smallest absolute Gasteiger partial charge is 0.167 e. The van der Waals surface area contributed by atoms with E-state index in [0.29, 0.717) is 6.42 Å². The van der Waals surface area contributed by atoms with Crippen molar-refractivity contribution in [2.24, 2.45) is 0 Å². The minimum absolute atomic E-state index is 0.255. The van der Waals surface area contributed by atoms with E-state index in [-0.39, 0.29) is 5.78 Å². The van der Waals surface area contributed by atoms with E-state index >= 15 is 0 Å². The van der Waals surface area contributed by atoms with Crippen LogP contribution in [0, 0.1) is 6.92 Å². The number of rotatable bonds is 1. The number of carbonyl (C=O) groups excluding carboxylic acids is 1. The van der Waals surface area contributed by atoms with E-state index in [1.54, 1.807) is 7.11 Å². The number of aryl methyl sites for hydroxylation is 1. The van der Waals surface area contributed by atoms with E-state index in [1.165, 1.54) is 0 Å². The molecular weight excluding hydrogens is 152 g/mol. The molecule has 0 aliphatic heterocycles. The number of methoxy groups -OCH3 is 1. The van der Waals surface area contributed by atoms with Crippen molar-refractivity contribution in [3.63, 3.8) is 0 Å². The molecular formula is C10H10O2. The predicted octanol–water partition coefficient (Wildman–Crippen LogP) is 1.74. The first-order valence-electron chi connectivity index (χ1n) is 3.93. The van der Waals surface area contributed by atoms with Crippen molar-refractivity contribution >= 4 is 5.78 Å². The zero-order chi connectivity index (χ0) is 8.72. The Morgan fingerprint density at radius 3 is 2.67 bits per heavy atom. The van der Waals surface area contributed by atoms with E-state index in [0.717, 1.165) is 22.4 Å². The van der Waals surface area contributed by atoms with Crippen LogP contribution in [0.4, 0.5) is 0 Å². The van der Waals surface area contributed by atoms with Gasteiger partial charge in [-0.3, -0.25) is 4.79 Å². The van der Waals surface area contributed by atoms with Crippen molar-refractivity contribution in [1.82, 2.24) is 0 Å². The fraction of sp³-hybridized carbons (Fsp3) is 0.300. The molecule has 1 aromatic carbocycles. The Labute approximate surface area is 71.2 Å². The maximum Gasteiger partial charge on any atom is 0.167 e. The molecule has 0 spiro atoms. The Hall–Kier alpha value is -1.31. The molecule has 12 heavy (non-hydrogen) atoms. The number of fused-ring (bicyclic) bond motifs is 1. The highest BCUT2D eigenvalue weighted by molar-refractivity contribution is 6.07. The van der Waals surface area contributed by atoms with Gasteiger partial charge in [0.1, 0.15) is 5.75 Å². The number of hydrogen-bond acceptors (Lipinski definition) is 2. The highest BCUT2D eigenvalue weighted by Crippen LogP contribution is 2.30. The molecule has 0 saturated heterocycles. The molecule has 0 N–H and O–H groups in total. The van der Waals surface area contributed by atoms with Crippen LogP contribution < -0.4 is 4.74 Å². The second kappa shape index (κ2) is 2.34. The summed E-state index contributed by atoms with van der Waals surface area (Å²) in [5.41, 5.74) is 3.05. The molecule has 0 radical (unpaired) electrons. The van der Waals surface area contributed by atoms with Gasteiger partial charge in [0.2, 0.25) is 0 Å². The highest BCUT2D eigenvalue weighted by atomic mass is 16.5. The van der Waals surface area contributed by atoms with Crippen LogP contribution in [-0.2, 0) is 6.42 Å². The molecule has 2 heteroatoms. The maximum atomic E-state index is 11.1. The Morgan fingerprint density at radius 2 is 2.17 bits per heavy atom. The predicted molar refractivity (Wildman–Crippen MR) is 45.8 cm³/mol. The van der Waals surface area contributed by atoms with Gasteiger partial charge >= 0.3 is 0 Å². The molecule has 0 unspecified atom stereocenters. The van der Waals surface area contributed by atoms with E-state index < -0.39 is 0 Å². The summed E-state index contributed by atoms with van der Waals surface area (Å²) in [5.74, 6) is 1.10. The van der Waals surface area contributed by atoms with E-state index in [2.05, 4.69) is 0 Å². The number of carbonyl (C=O) groups is 1. The molecule has 1 aliphatic carbocycles. The minimum Gasteiger partial charge on any atom is -0.497 e. The summed E-state index contributed by atoms with van der Waals surface area (Å²) in [7, 11) is 1.64. The molecule has 2 nitrogen and oxygen atoms in total. The molecule has 0 aromatic heterocycles. The van der Waals surface area contributed by atoms with Crippen molar-refractivity contribution in [1.29, 1.82) is 0 Å². The number of Topliss-reactive ketones (excluding diaryl/α,β-unsaturated/α-hetero) is 1. The van der Waals surface area contributed by atoms with Crippen LogP contribution in [0.1, 0.15) is 21.5 Å². The van der Waals surface area contributed by atoms with E-state index in [4.69, 9.17) is 4.74 Å². The first kappa shape index (κ1) is 7.35. The molecule has 0 atom stereocenters. The van der Waals surface area contributed by atoms with Crippen molar-refractivity contribution in [3.8, 4) is 5.75 Å². The van der Waals surface area contributed by atoms with Crippen LogP contribution in [0.5, 0.6) is 5.75 Å². The molecule has 1 aromatic rings. The normalized spacial score (nSPS) is 13.7. The Bertz CT molecular complexity index is 336. The van der Waals surface area contributed by atoms with Crippen molar-refractivity contribution in [2.45, 2.75) is 13.3 Å². The van der Waals surface area contributed by atoms with Crippen LogP contribution in [-0.4, -0.2) is 12.9 Å². The van der Waals surface area contributed by atoms with Gasteiger partial charge in [0.05, 0.1) is 7.11 Å². The van der Waals surface area contributed by atoms with Crippen LogP contribution in [0.25, 0.3) is 0 Å². The summed E-state index contributed by atoms with van der Waals surface area (Å²) in [6, 6.07) is 3.83. The van der Waals surface area contributed by atoms with Crippen molar-refractivity contribution in [3.05, 3.63) is 28.8 Å². The zero-order valence-electron chi connectivity index (χ0n) is 7.18. The Balaban J connectivity index is 2.56. The molecule has 0 amide bonds. The highest BCUT2D eigenvalue weighted by Gasteiger charge is 2.25. The monoisotopic (exact) mass is 162 g/mol. The Kier molecular flexibility index (Phi) is 1.43. The van der Waals surface area contributed by atoms with Gasteiger partial charge in [-0.1, -0.05) is 0 Å². The first-order chi connectivity index (χ1) is 5.72. The summed E-state index contributed by atoms with van der Waals surface area (Å²) in [6.45, 7) is 1.94. The number of benzene rings is 1. The van der Waals surface area contributed by atoms with Gasteiger partial charge < -0.3 is 4.74 Å². The average molecular weight is 162 g/mol. The summed E-state index contributed by atoms with van der Waals surface area (Å²) >= 11 is 0. The third-order valence-electron chi connectivity index (χ3n) is 2.26. The molecule has 0 heterocycles. The third kappa shape index (κ3) is 0.843. The van der Waals surface area contributed by atoms with Gasteiger partial charge in [-0.15, -0.1) is 0 Å². The lowest BCUT2D eigenvalue weighted by atomic mass is 9.84. The molecule has 2 rings (SSSR count). The van der Waals surface area contributed by atoms with Gasteiger partial charge in [0.15, 0.2) is 5.78 Å². The van der Waals surface area contributed by atoms with Gasteiger partial charge in [-0.05, 0) is 30.2 Å². The quantitative estimate of drug-likeness (QED) is 0.628. The standard InChI is InChI=1S/C10H10O2/c1-6-3-8(12-2)4-7-5-9(11)10(6)7/h3-4H,5H2,1-2H3. The van der Waals surface area contributed by atoms with Crippen molar-refractivity contribution in [2.75, 3.05) is 7.11 Å². The largest absolute Gasteiger partial charge is 0.497 e. The van der Waals surface area contributed by atoms with Crippen LogP contribution in [0.2, 0.25) is 0 Å². The zero-order valence-corrected chi connectivity index (χ0v) is 7.18. The SMILES string of the molecule is COc1cc(C)c2c(c1)CC2=O. The fourth-order valence-electron chi connectivity index (χ4n) is 1.64. The molecule has 1 aliphatic rings. The van der Waals surface area contributed by atoms with Crippen LogP contribution in [0.3, 0.4) is 0 Å². The number of ketones is 1. The summed E-state index contributed by atoms with van der Waals surface area (Å²) in [5, 5.41) is 0. The second-order valence-corrected chi connectivity index (χ2v) is 3.08. The van der Waals surface area contributed by atoms with Gasteiger partial charge in [-0.2, -0.15) is 0 Å². The van der Waals surface area contributed by atoms with Gasteiger partial charge in [0, 0.05) is 12.0 Å². The maximum absolute atomic E-state index is 11.1. The topological polar surface area (TPSA) is 26.3 Å². The second-order valence-electron chi connectivity index (χ2n) is 3.08. The lowest BCUT2D eigenvalue weighted by molar-refractivity contribution is 0.0967. The lowest BCUT2D eigenvalue weighted by Crippen LogP contribution is -2.20. The summed E-state index contributed by atoms with van der Waals surface area (Å²) < 4.78 is 5.09.